The summed E-state index contributed by atoms with van der Waals surface area (Å²) >= 11 is 0. The summed E-state index contributed by atoms with van der Waals surface area (Å²) in [5, 5.41) is 11.6. The van der Waals surface area contributed by atoms with E-state index in [4.69, 9.17) is 4.74 Å². The molecule has 2 rings (SSSR count). The van der Waals surface area contributed by atoms with Gasteiger partial charge in [-0.25, -0.2) is 0 Å². The number of rotatable bonds is 4. The zero-order valence-electron chi connectivity index (χ0n) is 10.3. The Kier molecular flexibility index (Phi) is 3.37. The predicted molar refractivity (Wildman–Crippen MR) is 63.7 cm³/mol. The lowest BCUT2D eigenvalue weighted by Crippen LogP contribution is -1.99. The molecule has 0 aliphatic carbocycles. The fourth-order valence-electron chi connectivity index (χ4n) is 1.48. The quantitative estimate of drug-likeness (QED) is 0.808. The minimum atomic E-state index is 0.342. The van der Waals surface area contributed by atoms with Gasteiger partial charge in [0, 0.05) is 0 Å². The summed E-state index contributed by atoms with van der Waals surface area (Å²) in [6.45, 7) is 4.67. The summed E-state index contributed by atoms with van der Waals surface area (Å²) in [4.78, 5) is 1.42. The van der Waals surface area contributed by atoms with Crippen molar-refractivity contribution in [1.29, 1.82) is 0 Å². The molecule has 5 heteroatoms. The smallest absolute Gasteiger partial charge is 0.212 e. The van der Waals surface area contributed by atoms with Crippen LogP contribution in [-0.4, -0.2) is 20.2 Å². The summed E-state index contributed by atoms with van der Waals surface area (Å²) < 4.78 is 5.56. The molecule has 0 aliphatic heterocycles. The molecule has 1 aromatic heterocycles. The summed E-state index contributed by atoms with van der Waals surface area (Å²) in [7, 11) is 1.73. The zero-order chi connectivity index (χ0) is 12.3. The third-order valence-electron chi connectivity index (χ3n) is 2.46. The summed E-state index contributed by atoms with van der Waals surface area (Å²) in [6, 6.07) is 8.08. The van der Waals surface area contributed by atoms with Crippen LogP contribution in [0.15, 0.2) is 24.3 Å². The molecule has 0 unspecified atom stereocenters. The molecule has 5 nitrogen and oxygen atoms in total. The van der Waals surface area contributed by atoms with E-state index in [2.05, 4.69) is 41.4 Å². The van der Waals surface area contributed by atoms with E-state index in [-0.39, 0.29) is 0 Å². The lowest BCUT2D eigenvalue weighted by Gasteiger charge is -2.07. The predicted octanol–water partition coefficient (Wildman–Crippen LogP) is 1.91. The molecule has 0 radical (unpaired) electrons. The van der Waals surface area contributed by atoms with Gasteiger partial charge in [-0.15, -0.1) is 10.2 Å². The Morgan fingerprint density at radius 2 is 1.94 bits per heavy atom. The minimum Gasteiger partial charge on any atom is -0.485 e. The summed E-state index contributed by atoms with van der Waals surface area (Å²) in [5.41, 5.74) is 1.30. The lowest BCUT2D eigenvalue weighted by atomic mass is 10.0. The number of aryl methyl sites for hydroxylation is 1. The molecular formula is C12H16N4O. The largest absolute Gasteiger partial charge is 0.485 e. The van der Waals surface area contributed by atoms with Crippen LogP contribution in [0.5, 0.6) is 5.75 Å². The highest BCUT2D eigenvalue weighted by Gasteiger charge is 2.02. The topological polar surface area (TPSA) is 52.8 Å². The Hall–Kier alpha value is -1.91. The van der Waals surface area contributed by atoms with Crippen molar-refractivity contribution in [1.82, 2.24) is 20.2 Å². The molecule has 0 saturated heterocycles. The van der Waals surface area contributed by atoms with E-state index >= 15 is 0 Å². The first-order chi connectivity index (χ1) is 8.15. The molecule has 0 N–H and O–H groups in total. The molecule has 0 saturated carbocycles. The van der Waals surface area contributed by atoms with Gasteiger partial charge in [0.2, 0.25) is 5.82 Å². The van der Waals surface area contributed by atoms with Crippen molar-refractivity contribution in [2.24, 2.45) is 7.05 Å². The number of ether oxygens (including phenoxy) is 1. The molecule has 0 aliphatic rings. The fourth-order valence-corrected chi connectivity index (χ4v) is 1.48. The van der Waals surface area contributed by atoms with E-state index in [0.717, 1.165) is 5.75 Å². The van der Waals surface area contributed by atoms with Crippen molar-refractivity contribution in [3.05, 3.63) is 35.7 Å². The van der Waals surface area contributed by atoms with Crippen LogP contribution in [0.4, 0.5) is 0 Å². The average molecular weight is 232 g/mol. The maximum absolute atomic E-state index is 5.56. The molecule has 1 heterocycles. The molecule has 1 aromatic carbocycles. The van der Waals surface area contributed by atoms with Crippen molar-refractivity contribution in [3.8, 4) is 5.75 Å². The van der Waals surface area contributed by atoms with Crippen LogP contribution in [-0.2, 0) is 13.7 Å². The Morgan fingerprint density at radius 1 is 1.24 bits per heavy atom. The van der Waals surface area contributed by atoms with Gasteiger partial charge in [0.1, 0.15) is 5.75 Å². The van der Waals surface area contributed by atoms with Gasteiger partial charge in [0.25, 0.3) is 0 Å². The molecular weight excluding hydrogens is 216 g/mol. The zero-order valence-corrected chi connectivity index (χ0v) is 10.3. The van der Waals surface area contributed by atoms with Crippen molar-refractivity contribution in [3.63, 3.8) is 0 Å². The third-order valence-corrected chi connectivity index (χ3v) is 2.46. The van der Waals surface area contributed by atoms with Crippen LogP contribution in [0, 0.1) is 0 Å². The normalized spacial score (nSPS) is 10.8. The van der Waals surface area contributed by atoms with Crippen LogP contribution in [0.25, 0.3) is 0 Å². The highest BCUT2D eigenvalue weighted by Crippen LogP contribution is 2.18. The molecule has 0 bridgehead atoms. The first-order valence-corrected chi connectivity index (χ1v) is 5.61. The van der Waals surface area contributed by atoms with Crippen LogP contribution >= 0.6 is 0 Å². The Bertz CT molecular complexity index is 476. The number of hydrogen-bond acceptors (Lipinski definition) is 4. The average Bonchev–Trinajstić information content (AvgIpc) is 2.73. The van der Waals surface area contributed by atoms with Crippen molar-refractivity contribution >= 4 is 0 Å². The fraction of sp³-hybridized carbons (Fsp3) is 0.417. The third kappa shape index (κ3) is 3.03. The lowest BCUT2D eigenvalue weighted by molar-refractivity contribution is 0.295. The van der Waals surface area contributed by atoms with Crippen LogP contribution in [0.2, 0.25) is 0 Å². The summed E-state index contributed by atoms with van der Waals surface area (Å²) in [6.07, 6.45) is 0. The second-order valence-corrected chi connectivity index (χ2v) is 4.21. The van der Waals surface area contributed by atoms with Gasteiger partial charge in [0.05, 0.1) is 7.05 Å². The van der Waals surface area contributed by atoms with Gasteiger partial charge in [-0.05, 0) is 28.8 Å². The second-order valence-electron chi connectivity index (χ2n) is 4.21. The maximum Gasteiger partial charge on any atom is 0.212 e. The van der Waals surface area contributed by atoms with E-state index in [1.807, 2.05) is 12.1 Å². The first kappa shape index (κ1) is 11.6. The van der Waals surface area contributed by atoms with Crippen molar-refractivity contribution in [2.75, 3.05) is 0 Å². The molecule has 17 heavy (non-hydrogen) atoms. The Balaban J connectivity index is 1.95. The molecule has 0 amide bonds. The van der Waals surface area contributed by atoms with Gasteiger partial charge in [-0.3, -0.25) is 0 Å². The standard InChI is InChI=1S/C12H16N4O/c1-9(2)10-4-6-11(7-5-10)17-8-12-13-15-16(3)14-12/h4-7,9H,8H2,1-3H3. The Morgan fingerprint density at radius 3 is 2.47 bits per heavy atom. The van der Waals surface area contributed by atoms with E-state index in [0.29, 0.717) is 18.3 Å². The van der Waals surface area contributed by atoms with Gasteiger partial charge >= 0.3 is 0 Å². The number of hydrogen-bond donors (Lipinski definition) is 0. The van der Waals surface area contributed by atoms with E-state index in [1.165, 1.54) is 10.4 Å². The van der Waals surface area contributed by atoms with Crippen LogP contribution in [0.3, 0.4) is 0 Å². The molecule has 2 aromatic rings. The SMILES string of the molecule is CC(C)c1ccc(OCc2nnn(C)n2)cc1. The molecule has 0 atom stereocenters. The second kappa shape index (κ2) is 4.95. The Labute approximate surface area is 100 Å². The van der Waals surface area contributed by atoms with Crippen LogP contribution in [0.1, 0.15) is 31.2 Å². The minimum absolute atomic E-state index is 0.342. The van der Waals surface area contributed by atoms with Crippen molar-refractivity contribution in [2.45, 2.75) is 26.4 Å². The van der Waals surface area contributed by atoms with E-state index in [9.17, 15) is 0 Å². The van der Waals surface area contributed by atoms with Gasteiger partial charge in [-0.2, -0.15) is 4.80 Å². The highest BCUT2D eigenvalue weighted by atomic mass is 16.5. The van der Waals surface area contributed by atoms with Gasteiger partial charge in [-0.1, -0.05) is 26.0 Å². The summed E-state index contributed by atoms with van der Waals surface area (Å²) in [5.74, 6) is 1.94. The van der Waals surface area contributed by atoms with Crippen LogP contribution < -0.4 is 4.74 Å². The molecule has 0 fully saturated rings. The number of nitrogens with zero attached hydrogens (tertiary/aromatic N) is 4. The molecule has 90 valence electrons. The molecule has 0 spiro atoms. The monoisotopic (exact) mass is 232 g/mol. The van der Waals surface area contributed by atoms with Gasteiger partial charge < -0.3 is 4.74 Å². The highest BCUT2D eigenvalue weighted by molar-refractivity contribution is 5.28. The van der Waals surface area contributed by atoms with Crippen molar-refractivity contribution < 1.29 is 4.74 Å². The van der Waals surface area contributed by atoms with E-state index < -0.39 is 0 Å². The van der Waals surface area contributed by atoms with E-state index in [1.54, 1.807) is 7.05 Å². The number of tetrazole rings is 1. The first-order valence-electron chi connectivity index (χ1n) is 5.61. The number of aromatic nitrogens is 4. The number of benzene rings is 1. The van der Waals surface area contributed by atoms with Gasteiger partial charge in [0.15, 0.2) is 6.61 Å². The maximum atomic E-state index is 5.56.